The highest BCUT2D eigenvalue weighted by Gasteiger charge is 2.29. The Morgan fingerprint density at radius 1 is 1.22 bits per heavy atom. The van der Waals surface area contributed by atoms with Gasteiger partial charge < -0.3 is 9.74 Å². The zero-order chi connectivity index (χ0) is 12.8. The van der Waals surface area contributed by atoms with E-state index in [4.69, 9.17) is 6.57 Å². The second-order valence-corrected chi connectivity index (χ2v) is 4.72. The second kappa shape index (κ2) is 6.20. The Labute approximate surface area is 108 Å². The molecule has 0 spiro atoms. The number of hydrogen-bond acceptors (Lipinski definition) is 1. The standard InChI is InChI=1S/C15H18N2O/c1-16-14(12-13-8-4-2-5-9-13)15(18)17-10-6-3-7-11-17/h2,4-5,8-9,14H,3,6-7,10-12H2/t14-/m1/s1. The fourth-order valence-electron chi connectivity index (χ4n) is 2.35. The average Bonchev–Trinajstić information content (AvgIpc) is 2.46. The third-order valence-electron chi connectivity index (χ3n) is 3.38. The van der Waals surface area contributed by atoms with Crippen LogP contribution in [0.3, 0.4) is 0 Å². The van der Waals surface area contributed by atoms with Crippen molar-refractivity contribution in [3.8, 4) is 0 Å². The maximum atomic E-state index is 12.2. The highest BCUT2D eigenvalue weighted by molar-refractivity contribution is 5.84. The molecule has 1 aliphatic heterocycles. The third kappa shape index (κ3) is 3.10. The van der Waals surface area contributed by atoms with Crippen LogP contribution in [0.2, 0.25) is 0 Å². The summed E-state index contributed by atoms with van der Waals surface area (Å²) < 4.78 is 0. The van der Waals surface area contributed by atoms with Crippen LogP contribution in [0, 0.1) is 6.57 Å². The van der Waals surface area contributed by atoms with Crippen molar-refractivity contribution in [2.45, 2.75) is 31.7 Å². The minimum atomic E-state index is -0.550. The lowest BCUT2D eigenvalue weighted by atomic mass is 10.0. The lowest BCUT2D eigenvalue weighted by Crippen LogP contribution is -2.41. The van der Waals surface area contributed by atoms with Crippen molar-refractivity contribution in [1.29, 1.82) is 0 Å². The van der Waals surface area contributed by atoms with Crippen LogP contribution in [0.1, 0.15) is 24.8 Å². The molecule has 1 atom stereocenters. The number of likely N-dealkylation sites (tertiary alicyclic amines) is 1. The molecule has 1 aliphatic rings. The minimum Gasteiger partial charge on any atom is -0.336 e. The molecule has 1 saturated heterocycles. The largest absolute Gasteiger partial charge is 0.336 e. The number of carbonyl (C=O) groups is 1. The number of rotatable bonds is 3. The summed E-state index contributed by atoms with van der Waals surface area (Å²) >= 11 is 0. The van der Waals surface area contributed by atoms with E-state index in [1.54, 1.807) is 0 Å². The number of nitrogens with zero attached hydrogens (tertiary/aromatic N) is 2. The van der Waals surface area contributed by atoms with Gasteiger partial charge in [-0.05, 0) is 24.8 Å². The molecule has 2 rings (SSSR count). The molecule has 3 nitrogen and oxygen atoms in total. The molecule has 94 valence electrons. The van der Waals surface area contributed by atoms with Gasteiger partial charge in [0.25, 0.3) is 0 Å². The number of benzene rings is 1. The molecule has 0 unspecified atom stereocenters. The number of hydrogen-bond donors (Lipinski definition) is 0. The Hall–Kier alpha value is -1.82. The molecule has 1 aromatic carbocycles. The van der Waals surface area contributed by atoms with Gasteiger partial charge in [0.2, 0.25) is 0 Å². The van der Waals surface area contributed by atoms with E-state index in [0.717, 1.165) is 31.5 Å². The van der Waals surface area contributed by atoms with E-state index in [9.17, 15) is 4.79 Å². The van der Waals surface area contributed by atoms with Crippen molar-refractivity contribution in [2.75, 3.05) is 13.1 Å². The summed E-state index contributed by atoms with van der Waals surface area (Å²) in [6.07, 6.45) is 3.87. The average molecular weight is 242 g/mol. The number of amides is 1. The highest BCUT2D eigenvalue weighted by atomic mass is 16.2. The fourth-order valence-corrected chi connectivity index (χ4v) is 2.35. The molecule has 1 heterocycles. The minimum absolute atomic E-state index is 0.00792. The second-order valence-electron chi connectivity index (χ2n) is 4.72. The molecule has 3 heteroatoms. The SMILES string of the molecule is [C-]#[N+][C@H](Cc1ccccc1)C(=O)N1CCCCC1. The van der Waals surface area contributed by atoms with Crippen LogP contribution in [-0.2, 0) is 11.2 Å². The van der Waals surface area contributed by atoms with Gasteiger partial charge in [0.15, 0.2) is 0 Å². The zero-order valence-electron chi connectivity index (χ0n) is 10.5. The molecule has 0 N–H and O–H groups in total. The van der Waals surface area contributed by atoms with Crippen LogP contribution in [0.5, 0.6) is 0 Å². The van der Waals surface area contributed by atoms with E-state index in [-0.39, 0.29) is 5.91 Å². The topological polar surface area (TPSA) is 24.7 Å². The molecular weight excluding hydrogens is 224 g/mol. The molecule has 0 radical (unpaired) electrons. The Balaban J connectivity index is 2.00. The van der Waals surface area contributed by atoms with Gasteiger partial charge in [-0.25, -0.2) is 6.57 Å². The molecule has 0 aliphatic carbocycles. The van der Waals surface area contributed by atoms with E-state index in [1.807, 2.05) is 35.2 Å². The summed E-state index contributed by atoms with van der Waals surface area (Å²) in [6.45, 7) is 8.87. The lowest BCUT2D eigenvalue weighted by molar-refractivity contribution is -0.132. The normalized spacial score (nSPS) is 16.9. The first-order valence-electron chi connectivity index (χ1n) is 6.50. The number of carbonyl (C=O) groups excluding carboxylic acids is 1. The van der Waals surface area contributed by atoms with Gasteiger partial charge in [0.05, 0.1) is 6.42 Å². The molecule has 0 saturated carbocycles. The van der Waals surface area contributed by atoms with Gasteiger partial charge in [-0.2, -0.15) is 0 Å². The maximum Gasteiger partial charge on any atom is 0.306 e. The van der Waals surface area contributed by atoms with E-state index < -0.39 is 6.04 Å². The summed E-state index contributed by atoms with van der Waals surface area (Å²) in [7, 11) is 0. The first kappa shape index (κ1) is 12.6. The van der Waals surface area contributed by atoms with Crippen molar-refractivity contribution in [1.82, 2.24) is 4.90 Å². The highest BCUT2D eigenvalue weighted by Crippen LogP contribution is 2.14. The van der Waals surface area contributed by atoms with Crippen LogP contribution >= 0.6 is 0 Å². The first-order valence-corrected chi connectivity index (χ1v) is 6.50. The van der Waals surface area contributed by atoms with Gasteiger partial charge in [0, 0.05) is 13.1 Å². The van der Waals surface area contributed by atoms with Crippen molar-refractivity contribution >= 4 is 5.91 Å². The van der Waals surface area contributed by atoms with E-state index in [1.165, 1.54) is 6.42 Å². The molecule has 18 heavy (non-hydrogen) atoms. The smallest absolute Gasteiger partial charge is 0.306 e. The zero-order valence-corrected chi connectivity index (χ0v) is 10.5. The molecule has 1 amide bonds. The Bertz CT molecular complexity index is 430. The van der Waals surface area contributed by atoms with Crippen molar-refractivity contribution < 1.29 is 4.79 Å². The maximum absolute atomic E-state index is 12.2. The number of piperidine rings is 1. The van der Waals surface area contributed by atoms with Crippen molar-refractivity contribution in [3.05, 3.63) is 47.3 Å². The summed E-state index contributed by atoms with van der Waals surface area (Å²) in [5, 5.41) is 0. The van der Waals surface area contributed by atoms with Crippen molar-refractivity contribution in [2.24, 2.45) is 0 Å². The van der Waals surface area contributed by atoms with Crippen LogP contribution in [0.25, 0.3) is 4.85 Å². The van der Waals surface area contributed by atoms with Gasteiger partial charge in [0.1, 0.15) is 0 Å². The van der Waals surface area contributed by atoms with Crippen LogP contribution in [0.15, 0.2) is 30.3 Å². The van der Waals surface area contributed by atoms with E-state index in [2.05, 4.69) is 4.85 Å². The molecule has 0 aromatic heterocycles. The van der Waals surface area contributed by atoms with Gasteiger partial charge in [-0.15, -0.1) is 0 Å². The molecule has 0 bridgehead atoms. The van der Waals surface area contributed by atoms with Crippen LogP contribution in [-0.4, -0.2) is 29.9 Å². The monoisotopic (exact) mass is 242 g/mol. The summed E-state index contributed by atoms with van der Waals surface area (Å²) in [4.78, 5) is 17.6. The van der Waals surface area contributed by atoms with Gasteiger partial charge in [-0.3, -0.25) is 4.79 Å². The Morgan fingerprint density at radius 3 is 2.50 bits per heavy atom. The molecular formula is C15H18N2O. The van der Waals surface area contributed by atoms with Gasteiger partial charge in [-0.1, -0.05) is 30.3 Å². The van der Waals surface area contributed by atoms with Crippen LogP contribution in [0.4, 0.5) is 0 Å². The summed E-state index contributed by atoms with van der Waals surface area (Å²) in [5.41, 5.74) is 1.06. The third-order valence-corrected chi connectivity index (χ3v) is 3.38. The molecule has 1 aromatic rings. The van der Waals surface area contributed by atoms with E-state index >= 15 is 0 Å². The summed E-state index contributed by atoms with van der Waals surface area (Å²) in [5.74, 6) is 0.00792. The first-order chi connectivity index (χ1) is 8.81. The fraction of sp³-hybridized carbons (Fsp3) is 0.467. The lowest BCUT2D eigenvalue weighted by Gasteiger charge is -2.26. The quantitative estimate of drug-likeness (QED) is 0.747. The summed E-state index contributed by atoms with van der Waals surface area (Å²) in [6, 6.07) is 9.24. The van der Waals surface area contributed by atoms with Gasteiger partial charge >= 0.3 is 11.9 Å². The Kier molecular flexibility index (Phi) is 4.35. The predicted octanol–water partition coefficient (Wildman–Crippen LogP) is 2.53. The van der Waals surface area contributed by atoms with Crippen LogP contribution < -0.4 is 0 Å². The predicted molar refractivity (Wildman–Crippen MR) is 71.0 cm³/mol. The Morgan fingerprint density at radius 2 is 1.89 bits per heavy atom. The van der Waals surface area contributed by atoms with E-state index in [0.29, 0.717) is 6.42 Å². The van der Waals surface area contributed by atoms with Crippen molar-refractivity contribution in [3.63, 3.8) is 0 Å². The molecule has 1 fully saturated rings.